The molecule has 4 rings (SSSR count). The molecule has 0 bridgehead atoms. The predicted molar refractivity (Wildman–Crippen MR) is 119 cm³/mol. The van der Waals surface area contributed by atoms with Crippen LogP contribution in [0, 0.1) is 5.82 Å². The summed E-state index contributed by atoms with van der Waals surface area (Å²) in [6.45, 7) is 4.18. The molecule has 168 valence electrons. The summed E-state index contributed by atoms with van der Waals surface area (Å²) in [5.41, 5.74) is 0.940. The lowest BCUT2D eigenvalue weighted by atomic mass is 9.95. The van der Waals surface area contributed by atoms with Crippen molar-refractivity contribution in [2.24, 2.45) is 0 Å². The molecule has 1 N–H and O–H groups in total. The minimum atomic E-state index is -0.752. The number of halogens is 2. The van der Waals surface area contributed by atoms with Gasteiger partial charge in [-0.3, -0.25) is 14.5 Å². The van der Waals surface area contributed by atoms with Crippen LogP contribution in [0.4, 0.5) is 4.39 Å². The molecule has 8 heteroatoms. The summed E-state index contributed by atoms with van der Waals surface area (Å²) in [5.74, 6) is -2.19. The van der Waals surface area contributed by atoms with E-state index in [1.165, 1.54) is 29.2 Å². The average molecular weight is 459 g/mol. The summed E-state index contributed by atoms with van der Waals surface area (Å²) in [7, 11) is 0. The van der Waals surface area contributed by atoms with E-state index in [4.69, 9.17) is 16.3 Å². The lowest BCUT2D eigenvalue weighted by Gasteiger charge is -2.29. The maximum absolute atomic E-state index is 13.3. The summed E-state index contributed by atoms with van der Waals surface area (Å²) >= 11 is 6.03. The van der Waals surface area contributed by atoms with E-state index in [0.29, 0.717) is 36.8 Å². The topological polar surface area (TPSA) is 70.1 Å². The second-order valence-electron chi connectivity index (χ2n) is 7.86. The molecular weight excluding hydrogens is 435 g/mol. The molecule has 2 saturated heterocycles. The minimum absolute atomic E-state index is 0.00435. The molecule has 2 aromatic rings. The Kier molecular flexibility index (Phi) is 6.89. The van der Waals surface area contributed by atoms with Gasteiger partial charge in [0.2, 0.25) is 0 Å². The van der Waals surface area contributed by atoms with Gasteiger partial charge < -0.3 is 14.7 Å². The van der Waals surface area contributed by atoms with Crippen molar-refractivity contribution in [2.75, 3.05) is 39.4 Å². The third-order valence-electron chi connectivity index (χ3n) is 5.82. The quantitative estimate of drug-likeness (QED) is 0.407. The highest BCUT2D eigenvalue weighted by molar-refractivity contribution is 6.46. The van der Waals surface area contributed by atoms with Crippen LogP contribution in [0.3, 0.4) is 0 Å². The highest BCUT2D eigenvalue weighted by atomic mass is 35.5. The van der Waals surface area contributed by atoms with E-state index in [9.17, 15) is 19.1 Å². The maximum Gasteiger partial charge on any atom is 0.295 e. The maximum atomic E-state index is 13.3. The molecule has 0 aliphatic carbocycles. The fraction of sp³-hybridized carbons (Fsp3) is 0.333. The molecule has 2 aliphatic heterocycles. The first-order chi connectivity index (χ1) is 15.5. The largest absolute Gasteiger partial charge is 0.507 e. The van der Waals surface area contributed by atoms with Crippen LogP contribution in [0.1, 0.15) is 23.6 Å². The van der Waals surface area contributed by atoms with Crippen molar-refractivity contribution in [3.63, 3.8) is 0 Å². The number of rotatable bonds is 6. The Morgan fingerprint density at radius 3 is 2.34 bits per heavy atom. The molecule has 0 unspecified atom stereocenters. The van der Waals surface area contributed by atoms with E-state index in [0.717, 1.165) is 19.6 Å². The number of aliphatic hydroxyl groups is 1. The molecule has 2 aromatic carbocycles. The first kappa shape index (κ1) is 22.5. The number of amides is 1. The van der Waals surface area contributed by atoms with Gasteiger partial charge in [-0.05, 0) is 48.4 Å². The molecule has 0 radical (unpaired) electrons. The normalized spacial score (nSPS) is 21.3. The van der Waals surface area contributed by atoms with Crippen molar-refractivity contribution in [1.29, 1.82) is 0 Å². The van der Waals surface area contributed by atoms with E-state index in [-0.39, 0.29) is 16.9 Å². The fourth-order valence-corrected chi connectivity index (χ4v) is 4.28. The molecule has 1 amide bonds. The van der Waals surface area contributed by atoms with Crippen LogP contribution in [0.15, 0.2) is 54.1 Å². The Morgan fingerprint density at radius 1 is 1.03 bits per heavy atom. The number of benzene rings is 2. The van der Waals surface area contributed by atoms with Crippen LogP contribution in [-0.2, 0) is 14.3 Å². The number of ketones is 1. The first-order valence-electron chi connectivity index (χ1n) is 10.6. The number of hydrogen-bond donors (Lipinski definition) is 1. The number of carbonyl (C=O) groups excluding carboxylic acids is 2. The fourth-order valence-electron chi connectivity index (χ4n) is 4.15. The SMILES string of the molecule is O=C1C(=O)N(CCCN2CCOCC2)[C@@H](c2ccc(Cl)cc2)C1=C(O)c1ccc(F)cc1. The van der Waals surface area contributed by atoms with Gasteiger partial charge in [0, 0.05) is 36.8 Å². The summed E-state index contributed by atoms with van der Waals surface area (Å²) in [6, 6.07) is 11.3. The average Bonchev–Trinajstić information content (AvgIpc) is 3.05. The van der Waals surface area contributed by atoms with Crippen molar-refractivity contribution < 1.29 is 23.8 Å². The second-order valence-corrected chi connectivity index (χ2v) is 8.29. The minimum Gasteiger partial charge on any atom is -0.507 e. The Labute approximate surface area is 190 Å². The van der Waals surface area contributed by atoms with Gasteiger partial charge >= 0.3 is 0 Å². The van der Waals surface area contributed by atoms with E-state index < -0.39 is 23.5 Å². The molecule has 2 aliphatic rings. The van der Waals surface area contributed by atoms with Gasteiger partial charge in [-0.1, -0.05) is 23.7 Å². The van der Waals surface area contributed by atoms with Gasteiger partial charge in [0.25, 0.3) is 11.7 Å². The van der Waals surface area contributed by atoms with Gasteiger partial charge in [0.05, 0.1) is 24.8 Å². The monoisotopic (exact) mass is 458 g/mol. The third-order valence-corrected chi connectivity index (χ3v) is 6.07. The Hall–Kier alpha value is -2.74. The van der Waals surface area contributed by atoms with Crippen LogP contribution < -0.4 is 0 Å². The predicted octanol–water partition coefficient (Wildman–Crippen LogP) is 3.62. The number of aliphatic hydroxyl groups excluding tert-OH is 1. The number of likely N-dealkylation sites (tertiary alicyclic amines) is 1. The van der Waals surface area contributed by atoms with E-state index >= 15 is 0 Å². The number of Topliss-reactive ketones (excluding diaryl/α,β-unsaturated/α-hetero) is 1. The summed E-state index contributed by atoms with van der Waals surface area (Å²) in [5, 5.41) is 11.5. The number of carbonyl (C=O) groups is 2. The highest BCUT2D eigenvalue weighted by Crippen LogP contribution is 2.39. The summed E-state index contributed by atoms with van der Waals surface area (Å²) in [6.07, 6.45) is 0.674. The zero-order valence-corrected chi connectivity index (χ0v) is 18.2. The molecule has 2 heterocycles. The first-order valence-corrected chi connectivity index (χ1v) is 10.9. The number of hydrogen-bond acceptors (Lipinski definition) is 5. The molecule has 0 spiro atoms. The smallest absolute Gasteiger partial charge is 0.295 e. The van der Waals surface area contributed by atoms with Crippen molar-refractivity contribution in [1.82, 2.24) is 9.80 Å². The second kappa shape index (κ2) is 9.81. The Balaban J connectivity index is 1.66. The number of nitrogens with zero attached hydrogens (tertiary/aromatic N) is 2. The molecule has 0 saturated carbocycles. The Morgan fingerprint density at radius 2 is 1.69 bits per heavy atom. The van der Waals surface area contributed by atoms with Gasteiger partial charge in [0.1, 0.15) is 11.6 Å². The number of morpholine rings is 1. The zero-order valence-electron chi connectivity index (χ0n) is 17.5. The molecule has 1 atom stereocenters. The lowest BCUT2D eigenvalue weighted by molar-refractivity contribution is -0.140. The molecule has 0 aromatic heterocycles. The lowest BCUT2D eigenvalue weighted by Crippen LogP contribution is -2.38. The summed E-state index contributed by atoms with van der Waals surface area (Å²) < 4.78 is 18.7. The van der Waals surface area contributed by atoms with Crippen LogP contribution >= 0.6 is 11.6 Å². The van der Waals surface area contributed by atoms with Gasteiger partial charge in [-0.25, -0.2) is 4.39 Å². The highest BCUT2D eigenvalue weighted by Gasteiger charge is 2.45. The van der Waals surface area contributed by atoms with Crippen molar-refractivity contribution in [2.45, 2.75) is 12.5 Å². The van der Waals surface area contributed by atoms with Gasteiger partial charge in [0.15, 0.2) is 0 Å². The number of ether oxygens (including phenoxy) is 1. The van der Waals surface area contributed by atoms with Crippen molar-refractivity contribution >= 4 is 29.1 Å². The van der Waals surface area contributed by atoms with E-state index in [1.54, 1.807) is 24.3 Å². The van der Waals surface area contributed by atoms with Gasteiger partial charge in [-0.15, -0.1) is 0 Å². The van der Waals surface area contributed by atoms with Crippen molar-refractivity contribution in [3.05, 3.63) is 76.1 Å². The molecule has 6 nitrogen and oxygen atoms in total. The molecular formula is C24H24ClFN2O4. The van der Waals surface area contributed by atoms with Crippen LogP contribution in [-0.4, -0.2) is 66.0 Å². The van der Waals surface area contributed by atoms with E-state index in [2.05, 4.69) is 4.90 Å². The van der Waals surface area contributed by atoms with Crippen LogP contribution in [0.2, 0.25) is 5.02 Å². The Bertz CT molecular complexity index is 1020. The van der Waals surface area contributed by atoms with Crippen LogP contribution in [0.25, 0.3) is 5.76 Å². The van der Waals surface area contributed by atoms with Crippen molar-refractivity contribution in [3.8, 4) is 0 Å². The third kappa shape index (κ3) is 4.70. The molecule has 32 heavy (non-hydrogen) atoms. The van der Waals surface area contributed by atoms with Crippen LogP contribution in [0.5, 0.6) is 0 Å². The summed E-state index contributed by atoms with van der Waals surface area (Å²) in [4.78, 5) is 29.7. The van der Waals surface area contributed by atoms with E-state index in [1.807, 2.05) is 0 Å². The van der Waals surface area contributed by atoms with Gasteiger partial charge in [-0.2, -0.15) is 0 Å². The standard InChI is InChI=1S/C24H24ClFN2O4/c25-18-6-2-16(3-7-18)21-20(22(29)17-4-8-19(26)9-5-17)23(30)24(31)28(21)11-1-10-27-12-14-32-15-13-27/h2-9,21,29H,1,10-15H2/t21-/m0/s1. The molecule has 2 fully saturated rings. The zero-order chi connectivity index (χ0) is 22.7.